The monoisotopic (exact) mass is 379 g/mol. The number of likely N-dealkylation sites (N-methyl/N-ethyl adjacent to an activating group) is 1. The van der Waals surface area contributed by atoms with Crippen molar-refractivity contribution < 1.29 is 9.59 Å². The Balaban J connectivity index is 1.88. The zero-order valence-corrected chi connectivity index (χ0v) is 15.8. The van der Waals surface area contributed by atoms with Gasteiger partial charge in [0.15, 0.2) is 5.78 Å². The lowest BCUT2D eigenvalue weighted by Gasteiger charge is -2.21. The maximum Gasteiger partial charge on any atom is 0.269 e. The second kappa shape index (κ2) is 6.76. The highest BCUT2D eigenvalue weighted by Crippen LogP contribution is 2.42. The summed E-state index contributed by atoms with van der Waals surface area (Å²) in [6.45, 7) is 1.26. The third-order valence-electron chi connectivity index (χ3n) is 4.68. The van der Waals surface area contributed by atoms with E-state index >= 15 is 0 Å². The summed E-state index contributed by atoms with van der Waals surface area (Å²) in [6.07, 6.45) is 0. The molecule has 1 aromatic heterocycles. The number of carbonyl (C=O) groups excluding carboxylic acids is 2. The van der Waals surface area contributed by atoms with Crippen molar-refractivity contribution in [3.8, 4) is 11.1 Å². The second-order valence-corrected chi connectivity index (χ2v) is 7.21. The zero-order chi connectivity index (χ0) is 19.1. The highest BCUT2D eigenvalue weighted by atomic mass is 35.5. The first-order chi connectivity index (χ1) is 13.0. The van der Waals surface area contributed by atoms with E-state index in [2.05, 4.69) is 10.3 Å². The summed E-state index contributed by atoms with van der Waals surface area (Å²) in [4.78, 5) is 32.0. The van der Waals surface area contributed by atoms with Crippen molar-refractivity contribution in [2.45, 2.75) is 0 Å². The Labute approximate surface area is 162 Å². The van der Waals surface area contributed by atoms with Gasteiger partial charge in [0.05, 0.1) is 5.52 Å². The molecule has 136 valence electrons. The first kappa shape index (κ1) is 17.6. The van der Waals surface area contributed by atoms with E-state index in [9.17, 15) is 9.59 Å². The Bertz CT molecular complexity index is 1090. The SMILES string of the molecule is CN(C)CCNC(=O)c1cc2c3c(cccc3n1)C(=O)c1cccc(Cl)c1-2. The van der Waals surface area contributed by atoms with Crippen LogP contribution in [0.25, 0.3) is 22.0 Å². The molecule has 5 nitrogen and oxygen atoms in total. The summed E-state index contributed by atoms with van der Waals surface area (Å²) >= 11 is 6.43. The number of ketones is 1. The van der Waals surface area contributed by atoms with Gasteiger partial charge >= 0.3 is 0 Å². The topological polar surface area (TPSA) is 62.3 Å². The molecule has 4 rings (SSSR count). The Hall–Kier alpha value is -2.76. The highest BCUT2D eigenvalue weighted by molar-refractivity contribution is 6.37. The number of pyridine rings is 1. The molecular weight excluding hydrogens is 362 g/mol. The largest absolute Gasteiger partial charge is 0.349 e. The molecule has 1 aliphatic rings. The van der Waals surface area contributed by atoms with E-state index in [-0.39, 0.29) is 11.7 Å². The quantitative estimate of drug-likeness (QED) is 0.590. The van der Waals surface area contributed by atoms with Crippen LogP contribution in [0.3, 0.4) is 0 Å². The number of aromatic nitrogens is 1. The first-order valence-corrected chi connectivity index (χ1v) is 9.05. The molecule has 0 bridgehead atoms. The van der Waals surface area contributed by atoms with Crippen LogP contribution < -0.4 is 5.32 Å². The summed E-state index contributed by atoms with van der Waals surface area (Å²) < 4.78 is 0. The van der Waals surface area contributed by atoms with Crippen molar-refractivity contribution in [2.24, 2.45) is 0 Å². The van der Waals surface area contributed by atoms with E-state index in [1.807, 2.05) is 25.1 Å². The van der Waals surface area contributed by atoms with Crippen LogP contribution in [0.4, 0.5) is 0 Å². The van der Waals surface area contributed by atoms with Crippen LogP contribution in [0.15, 0.2) is 42.5 Å². The normalized spacial score (nSPS) is 12.4. The molecule has 27 heavy (non-hydrogen) atoms. The number of halogens is 1. The van der Waals surface area contributed by atoms with E-state index in [0.717, 1.165) is 17.5 Å². The maximum absolute atomic E-state index is 12.9. The Morgan fingerprint density at radius 3 is 2.63 bits per heavy atom. The van der Waals surface area contributed by atoms with E-state index < -0.39 is 0 Å². The third kappa shape index (κ3) is 2.99. The zero-order valence-electron chi connectivity index (χ0n) is 15.0. The van der Waals surface area contributed by atoms with E-state index in [4.69, 9.17) is 11.6 Å². The predicted octanol–water partition coefficient (Wildman–Crippen LogP) is 3.39. The molecule has 0 aliphatic heterocycles. The lowest BCUT2D eigenvalue weighted by atomic mass is 9.84. The fourth-order valence-electron chi connectivity index (χ4n) is 3.41. The molecule has 1 amide bonds. The number of hydrogen-bond donors (Lipinski definition) is 1. The van der Waals surface area contributed by atoms with Crippen LogP contribution in [0, 0.1) is 0 Å². The molecule has 0 saturated carbocycles. The van der Waals surface area contributed by atoms with E-state index in [0.29, 0.717) is 39.5 Å². The second-order valence-electron chi connectivity index (χ2n) is 6.81. The molecule has 0 atom stereocenters. The Morgan fingerprint density at radius 1 is 1.11 bits per heavy atom. The lowest BCUT2D eigenvalue weighted by Crippen LogP contribution is -2.31. The minimum Gasteiger partial charge on any atom is -0.349 e. The van der Waals surface area contributed by atoms with Crippen molar-refractivity contribution in [3.63, 3.8) is 0 Å². The van der Waals surface area contributed by atoms with Gasteiger partial charge < -0.3 is 10.2 Å². The van der Waals surface area contributed by atoms with Crippen LogP contribution in [-0.2, 0) is 0 Å². The number of amides is 1. The molecule has 6 heteroatoms. The van der Waals surface area contributed by atoms with Crippen LogP contribution in [0.2, 0.25) is 5.02 Å². The van der Waals surface area contributed by atoms with E-state index in [1.165, 1.54) is 0 Å². The lowest BCUT2D eigenvalue weighted by molar-refractivity contribution is 0.0946. The summed E-state index contributed by atoms with van der Waals surface area (Å²) in [7, 11) is 3.89. The molecule has 3 aromatic rings. The minimum absolute atomic E-state index is 0.0735. The number of carbonyl (C=O) groups is 2. The van der Waals surface area contributed by atoms with Gasteiger partial charge in [0, 0.05) is 40.2 Å². The average molecular weight is 380 g/mol. The fourth-order valence-corrected chi connectivity index (χ4v) is 3.68. The molecule has 0 fully saturated rings. The number of fused-ring (bicyclic) bond motifs is 2. The third-order valence-corrected chi connectivity index (χ3v) is 5.00. The van der Waals surface area contributed by atoms with Gasteiger partial charge in [0.1, 0.15) is 5.69 Å². The number of nitrogens with zero attached hydrogens (tertiary/aromatic N) is 2. The van der Waals surface area contributed by atoms with Crippen LogP contribution in [-0.4, -0.2) is 48.8 Å². The predicted molar refractivity (Wildman–Crippen MR) is 107 cm³/mol. The highest BCUT2D eigenvalue weighted by Gasteiger charge is 2.28. The van der Waals surface area contributed by atoms with Gasteiger partial charge in [-0.25, -0.2) is 4.98 Å². The fraction of sp³-hybridized carbons (Fsp3) is 0.190. The van der Waals surface area contributed by atoms with Crippen molar-refractivity contribution in [3.05, 3.63) is 64.3 Å². The number of benzene rings is 2. The molecule has 0 saturated heterocycles. The van der Waals surface area contributed by atoms with Gasteiger partial charge in [-0.1, -0.05) is 35.9 Å². The number of hydrogen-bond acceptors (Lipinski definition) is 4. The van der Waals surface area contributed by atoms with Crippen LogP contribution in [0.5, 0.6) is 0 Å². The standard InChI is InChI=1S/C21H18ClN3O2/c1-25(2)10-9-23-21(27)17-11-14-18-12(5-3-7-15(18)22)20(26)13-6-4-8-16(24-17)19(13)14/h3-8,11H,9-10H2,1-2H3,(H,23,27). The van der Waals surface area contributed by atoms with Crippen molar-refractivity contribution >= 4 is 34.2 Å². The number of rotatable bonds is 4. The summed E-state index contributed by atoms with van der Waals surface area (Å²) in [5, 5.41) is 4.11. The molecule has 1 N–H and O–H groups in total. The van der Waals surface area contributed by atoms with Crippen LogP contribution in [0.1, 0.15) is 26.4 Å². The van der Waals surface area contributed by atoms with Crippen molar-refractivity contribution in [1.29, 1.82) is 0 Å². The number of nitrogens with one attached hydrogen (secondary N) is 1. The Kier molecular flexibility index (Phi) is 4.42. The Morgan fingerprint density at radius 2 is 1.85 bits per heavy atom. The molecule has 1 heterocycles. The van der Waals surface area contributed by atoms with Gasteiger partial charge in [-0.2, -0.15) is 0 Å². The average Bonchev–Trinajstić information content (AvgIpc) is 2.65. The summed E-state index contributed by atoms with van der Waals surface area (Å²) in [5.74, 6) is -0.318. The molecule has 2 aromatic carbocycles. The van der Waals surface area contributed by atoms with Crippen molar-refractivity contribution in [1.82, 2.24) is 15.2 Å². The van der Waals surface area contributed by atoms with E-state index in [1.54, 1.807) is 36.4 Å². The first-order valence-electron chi connectivity index (χ1n) is 8.67. The summed E-state index contributed by atoms with van der Waals surface area (Å²) in [6, 6.07) is 12.4. The molecular formula is C21H18ClN3O2. The molecule has 0 radical (unpaired) electrons. The smallest absolute Gasteiger partial charge is 0.269 e. The van der Waals surface area contributed by atoms with Gasteiger partial charge in [-0.3, -0.25) is 9.59 Å². The molecule has 1 aliphatic carbocycles. The van der Waals surface area contributed by atoms with Gasteiger partial charge in [-0.15, -0.1) is 0 Å². The molecule has 0 spiro atoms. The maximum atomic E-state index is 12.9. The van der Waals surface area contributed by atoms with Gasteiger partial charge in [0.2, 0.25) is 0 Å². The summed E-state index contributed by atoms with van der Waals surface area (Å²) in [5.41, 5.74) is 3.50. The van der Waals surface area contributed by atoms with Gasteiger partial charge in [-0.05, 0) is 37.9 Å². The molecule has 0 unspecified atom stereocenters. The van der Waals surface area contributed by atoms with Gasteiger partial charge in [0.25, 0.3) is 5.91 Å². The van der Waals surface area contributed by atoms with Crippen LogP contribution >= 0.6 is 11.6 Å². The van der Waals surface area contributed by atoms with Crippen molar-refractivity contribution in [2.75, 3.05) is 27.2 Å². The minimum atomic E-state index is -0.245.